The lowest BCUT2D eigenvalue weighted by atomic mass is 9.78. The molecule has 0 unspecified atom stereocenters. The minimum atomic E-state index is -0.0787. The highest BCUT2D eigenvalue weighted by Crippen LogP contribution is 2.34. The van der Waals surface area contributed by atoms with Gasteiger partial charge in [-0.3, -0.25) is 4.79 Å². The normalized spacial score (nSPS) is 28.2. The van der Waals surface area contributed by atoms with Crippen LogP contribution in [-0.2, 0) is 0 Å². The van der Waals surface area contributed by atoms with E-state index < -0.39 is 0 Å². The minimum Gasteiger partial charge on any atom is -0.507 e. The summed E-state index contributed by atoms with van der Waals surface area (Å²) in [7, 11) is 0. The van der Waals surface area contributed by atoms with Crippen LogP contribution >= 0.6 is 0 Å². The summed E-state index contributed by atoms with van der Waals surface area (Å²) < 4.78 is 0. The summed E-state index contributed by atoms with van der Waals surface area (Å²) in [4.78, 5) is 14.6. The quantitative estimate of drug-likeness (QED) is 0.851. The Labute approximate surface area is 119 Å². The van der Waals surface area contributed by atoms with Crippen LogP contribution in [0.5, 0.6) is 5.75 Å². The summed E-state index contributed by atoms with van der Waals surface area (Å²) in [5.74, 6) is 0.936. The van der Waals surface area contributed by atoms with Gasteiger partial charge < -0.3 is 10.0 Å². The second-order valence-electron chi connectivity index (χ2n) is 5.62. The van der Waals surface area contributed by atoms with Crippen molar-refractivity contribution >= 4 is 5.91 Å². The van der Waals surface area contributed by atoms with Crippen molar-refractivity contribution in [1.82, 2.24) is 4.90 Å². The van der Waals surface area contributed by atoms with Crippen LogP contribution in [-0.4, -0.2) is 28.5 Å². The van der Waals surface area contributed by atoms with E-state index in [2.05, 4.69) is 25.2 Å². The number of benzene rings is 1. The van der Waals surface area contributed by atoms with E-state index in [0.29, 0.717) is 17.4 Å². The largest absolute Gasteiger partial charge is 0.507 e. The first-order valence-corrected chi connectivity index (χ1v) is 7.12. The number of hydrogen-bond acceptors (Lipinski definition) is 2. The Kier molecular flexibility index (Phi) is 3.35. The van der Waals surface area contributed by atoms with E-state index in [9.17, 15) is 9.90 Å². The summed E-state index contributed by atoms with van der Waals surface area (Å²) in [6.45, 7) is 2.98. The molecule has 104 valence electrons. The second-order valence-corrected chi connectivity index (χ2v) is 5.62. The predicted octanol–water partition coefficient (Wildman–Crippen LogP) is 2.99. The maximum absolute atomic E-state index is 12.7. The van der Waals surface area contributed by atoms with Crippen LogP contribution in [0, 0.1) is 11.8 Å². The molecule has 1 saturated heterocycles. The number of phenolic OH excluding ortho intramolecular Hbond substituents is 1. The Hall–Kier alpha value is -2.03. The monoisotopic (exact) mass is 269 g/mol. The molecule has 1 aliphatic carbocycles. The molecule has 3 rings (SSSR count). The average Bonchev–Trinajstić information content (AvgIpc) is 2.48. The number of likely N-dealkylation sites (tertiary alicyclic amines) is 1. The molecule has 3 atom stereocenters. The van der Waals surface area contributed by atoms with Gasteiger partial charge >= 0.3 is 0 Å². The van der Waals surface area contributed by atoms with E-state index in [0.717, 1.165) is 13.0 Å². The fourth-order valence-electron chi connectivity index (χ4n) is 3.18. The molecule has 1 fully saturated rings. The minimum absolute atomic E-state index is 0.0583. The van der Waals surface area contributed by atoms with Crippen molar-refractivity contribution in [2.45, 2.75) is 19.4 Å². The number of aromatic hydroxyl groups is 1. The highest BCUT2D eigenvalue weighted by atomic mass is 16.3. The lowest BCUT2D eigenvalue weighted by Crippen LogP contribution is -2.50. The first kappa shape index (κ1) is 13.0. The fraction of sp³-hybridized carbons (Fsp3) is 0.353. The predicted molar refractivity (Wildman–Crippen MR) is 78.5 cm³/mol. The smallest absolute Gasteiger partial charge is 0.258 e. The third kappa shape index (κ3) is 2.13. The van der Waals surface area contributed by atoms with E-state index >= 15 is 0 Å². The number of hydrogen-bond donors (Lipinski definition) is 1. The van der Waals surface area contributed by atoms with Crippen LogP contribution in [0.2, 0.25) is 0 Å². The molecular formula is C17H19NO2. The van der Waals surface area contributed by atoms with E-state index in [1.54, 1.807) is 24.3 Å². The van der Waals surface area contributed by atoms with Gasteiger partial charge in [-0.15, -0.1) is 0 Å². The number of carbonyl (C=O) groups excluding carboxylic acids is 1. The molecule has 20 heavy (non-hydrogen) atoms. The maximum atomic E-state index is 12.7. The van der Waals surface area contributed by atoms with Crippen molar-refractivity contribution in [3.63, 3.8) is 0 Å². The zero-order valence-electron chi connectivity index (χ0n) is 11.6. The van der Waals surface area contributed by atoms with E-state index in [4.69, 9.17) is 0 Å². The number of nitrogens with zero attached hydrogens (tertiary/aromatic N) is 1. The molecule has 3 nitrogen and oxygen atoms in total. The summed E-state index contributed by atoms with van der Waals surface area (Å²) in [5.41, 5.74) is 0.392. The van der Waals surface area contributed by atoms with Gasteiger partial charge in [-0.25, -0.2) is 0 Å². The van der Waals surface area contributed by atoms with Crippen molar-refractivity contribution in [1.29, 1.82) is 0 Å². The Balaban J connectivity index is 1.90. The van der Waals surface area contributed by atoms with E-state index in [1.807, 2.05) is 11.0 Å². The van der Waals surface area contributed by atoms with Gasteiger partial charge in [0.15, 0.2) is 0 Å². The van der Waals surface area contributed by atoms with Crippen molar-refractivity contribution in [2.24, 2.45) is 11.8 Å². The Morgan fingerprint density at radius 2 is 2.00 bits per heavy atom. The molecule has 0 saturated carbocycles. The number of piperidine rings is 1. The van der Waals surface area contributed by atoms with Gasteiger partial charge in [0.25, 0.3) is 5.91 Å². The third-order valence-corrected chi connectivity index (χ3v) is 4.38. The van der Waals surface area contributed by atoms with Crippen molar-refractivity contribution < 1.29 is 9.90 Å². The zero-order chi connectivity index (χ0) is 14.1. The summed E-state index contributed by atoms with van der Waals surface area (Å²) >= 11 is 0. The fourth-order valence-corrected chi connectivity index (χ4v) is 3.18. The van der Waals surface area contributed by atoms with Crippen LogP contribution in [0.15, 0.2) is 48.6 Å². The van der Waals surface area contributed by atoms with Crippen LogP contribution < -0.4 is 0 Å². The molecule has 0 bridgehead atoms. The zero-order valence-corrected chi connectivity index (χ0v) is 11.6. The molecule has 0 spiro atoms. The molecule has 1 heterocycles. The Morgan fingerprint density at radius 1 is 1.25 bits per heavy atom. The summed E-state index contributed by atoms with van der Waals surface area (Å²) in [5, 5.41) is 9.88. The number of phenols is 1. The Bertz CT molecular complexity index is 576. The van der Waals surface area contributed by atoms with Gasteiger partial charge in [0.1, 0.15) is 5.75 Å². The molecule has 0 aromatic heterocycles. The Morgan fingerprint density at radius 3 is 2.80 bits per heavy atom. The average molecular weight is 269 g/mol. The molecule has 3 heteroatoms. The number of para-hydroxylation sites is 1. The highest BCUT2D eigenvalue weighted by Gasteiger charge is 2.36. The third-order valence-electron chi connectivity index (χ3n) is 4.38. The van der Waals surface area contributed by atoms with Gasteiger partial charge in [0, 0.05) is 12.5 Å². The molecule has 1 aliphatic heterocycles. The molecular weight excluding hydrogens is 250 g/mol. The van der Waals surface area contributed by atoms with Gasteiger partial charge in [-0.05, 0) is 24.5 Å². The van der Waals surface area contributed by atoms with Gasteiger partial charge in [0.05, 0.1) is 11.6 Å². The molecule has 2 aliphatic rings. The van der Waals surface area contributed by atoms with Crippen molar-refractivity contribution in [3.8, 4) is 5.75 Å². The first-order chi connectivity index (χ1) is 9.68. The highest BCUT2D eigenvalue weighted by molar-refractivity contribution is 5.97. The van der Waals surface area contributed by atoms with Gasteiger partial charge in [-0.1, -0.05) is 43.4 Å². The standard InChI is InChI=1S/C17H19NO2/c1-12-10-11-18(15-8-4-2-6-13(12)15)17(20)14-7-3-5-9-16(14)19/h2-9,12-13,15,19H,10-11H2,1H3/t12-,13-,15-/m1/s1. The van der Waals surface area contributed by atoms with Crippen LogP contribution in [0.1, 0.15) is 23.7 Å². The molecule has 1 aromatic carbocycles. The molecule has 1 aromatic rings. The second kappa shape index (κ2) is 5.16. The summed E-state index contributed by atoms with van der Waals surface area (Å²) in [6.07, 6.45) is 9.35. The molecule has 1 amide bonds. The van der Waals surface area contributed by atoms with Crippen molar-refractivity contribution in [2.75, 3.05) is 6.54 Å². The van der Waals surface area contributed by atoms with Crippen molar-refractivity contribution in [3.05, 3.63) is 54.1 Å². The number of allylic oxidation sites excluding steroid dienone is 2. The molecule has 1 N–H and O–H groups in total. The molecule has 0 radical (unpaired) electrons. The van der Waals surface area contributed by atoms with E-state index in [-0.39, 0.29) is 17.7 Å². The van der Waals surface area contributed by atoms with Crippen LogP contribution in [0.3, 0.4) is 0 Å². The number of fused-ring (bicyclic) bond motifs is 1. The SMILES string of the molecule is C[C@@H]1CCN(C(=O)c2ccccc2O)[C@@H]2C=CC=C[C@H]12. The number of carbonyl (C=O) groups is 1. The number of rotatable bonds is 1. The first-order valence-electron chi connectivity index (χ1n) is 7.12. The van der Waals surface area contributed by atoms with Crippen LogP contribution in [0.4, 0.5) is 0 Å². The van der Waals surface area contributed by atoms with Gasteiger partial charge in [-0.2, -0.15) is 0 Å². The number of amides is 1. The van der Waals surface area contributed by atoms with Crippen LogP contribution in [0.25, 0.3) is 0 Å². The summed E-state index contributed by atoms with van der Waals surface area (Å²) in [6, 6.07) is 6.88. The van der Waals surface area contributed by atoms with Gasteiger partial charge in [0.2, 0.25) is 0 Å². The topological polar surface area (TPSA) is 40.5 Å². The lowest BCUT2D eigenvalue weighted by Gasteiger charge is -2.43. The van der Waals surface area contributed by atoms with E-state index in [1.165, 1.54) is 0 Å². The lowest BCUT2D eigenvalue weighted by molar-refractivity contribution is 0.0539. The maximum Gasteiger partial charge on any atom is 0.258 e.